The van der Waals surface area contributed by atoms with E-state index in [1.54, 1.807) is 6.92 Å². The average Bonchev–Trinajstić information content (AvgIpc) is 2.71. The van der Waals surface area contributed by atoms with Crippen LogP contribution in [0, 0.1) is 12.7 Å². The minimum atomic E-state index is -4.48. The molecule has 0 spiro atoms. The van der Waals surface area contributed by atoms with Crippen molar-refractivity contribution in [2.24, 2.45) is 0 Å². The molecule has 3 aromatic rings. The van der Waals surface area contributed by atoms with Crippen LogP contribution in [0.4, 0.5) is 17.6 Å². The van der Waals surface area contributed by atoms with E-state index in [0.29, 0.717) is 33.0 Å². The number of fused-ring (bicyclic) bond motifs is 1. The SMILES string of the molecule is CCSc1nc2cc(C(F)(F)F)ccc2c(C)c1C(=O)NCc1cc(F)ccc1OC. The van der Waals surface area contributed by atoms with Gasteiger partial charge in [-0.05, 0) is 48.6 Å². The summed E-state index contributed by atoms with van der Waals surface area (Å²) in [5, 5.41) is 3.54. The standard InChI is InChI=1S/C22H20F4N2O2S/c1-4-31-21-19(20(29)27-11-13-9-15(23)6-8-18(13)30-3)12(2)16-7-5-14(22(24,25)26)10-17(16)28-21/h5-10H,4,11H2,1-3H3,(H,27,29). The maximum atomic E-state index is 13.6. The van der Waals surface area contributed by atoms with Crippen molar-refractivity contribution in [2.45, 2.75) is 31.6 Å². The zero-order valence-corrected chi connectivity index (χ0v) is 17.9. The topological polar surface area (TPSA) is 51.2 Å². The Morgan fingerprint density at radius 1 is 1.19 bits per heavy atom. The molecule has 0 aliphatic heterocycles. The van der Waals surface area contributed by atoms with Crippen LogP contribution in [0.3, 0.4) is 0 Å². The largest absolute Gasteiger partial charge is 0.496 e. The lowest BCUT2D eigenvalue weighted by atomic mass is 10.0. The molecular weight excluding hydrogens is 432 g/mol. The van der Waals surface area contributed by atoms with E-state index in [1.165, 1.54) is 43.1 Å². The predicted molar refractivity (Wildman–Crippen MR) is 112 cm³/mol. The summed E-state index contributed by atoms with van der Waals surface area (Å²) in [6.07, 6.45) is -4.48. The van der Waals surface area contributed by atoms with Gasteiger partial charge in [-0.15, -0.1) is 11.8 Å². The maximum Gasteiger partial charge on any atom is 0.416 e. The Labute approximate surface area is 181 Å². The summed E-state index contributed by atoms with van der Waals surface area (Å²) in [5.74, 6) is 0.0952. The number of hydrogen-bond donors (Lipinski definition) is 1. The number of rotatable bonds is 6. The van der Waals surface area contributed by atoms with Crippen molar-refractivity contribution < 1.29 is 27.1 Å². The summed E-state index contributed by atoms with van der Waals surface area (Å²) in [6.45, 7) is 3.55. The number of ether oxygens (including phenoxy) is 1. The van der Waals surface area contributed by atoms with Crippen molar-refractivity contribution in [3.8, 4) is 5.75 Å². The van der Waals surface area contributed by atoms with E-state index in [9.17, 15) is 22.4 Å². The zero-order chi connectivity index (χ0) is 22.8. The maximum absolute atomic E-state index is 13.6. The minimum Gasteiger partial charge on any atom is -0.496 e. The van der Waals surface area contributed by atoms with Gasteiger partial charge in [0.25, 0.3) is 5.91 Å². The first-order valence-corrected chi connectivity index (χ1v) is 10.4. The summed E-state index contributed by atoms with van der Waals surface area (Å²) in [6, 6.07) is 7.28. The van der Waals surface area contributed by atoms with Gasteiger partial charge in [0.1, 0.15) is 16.6 Å². The van der Waals surface area contributed by atoms with Crippen molar-refractivity contribution in [3.05, 3.63) is 64.5 Å². The van der Waals surface area contributed by atoms with E-state index < -0.39 is 23.5 Å². The summed E-state index contributed by atoms with van der Waals surface area (Å²) in [4.78, 5) is 17.4. The molecule has 0 unspecified atom stereocenters. The van der Waals surface area contributed by atoms with Crippen LogP contribution >= 0.6 is 11.8 Å². The normalized spacial score (nSPS) is 11.6. The highest BCUT2D eigenvalue weighted by Crippen LogP contribution is 2.34. The second kappa shape index (κ2) is 9.13. The molecule has 3 rings (SSSR count). The van der Waals surface area contributed by atoms with Crippen LogP contribution in [-0.4, -0.2) is 23.8 Å². The fraction of sp³-hybridized carbons (Fsp3) is 0.273. The molecule has 1 heterocycles. The molecule has 9 heteroatoms. The van der Waals surface area contributed by atoms with Gasteiger partial charge in [-0.3, -0.25) is 4.79 Å². The molecule has 1 aromatic heterocycles. The zero-order valence-electron chi connectivity index (χ0n) is 17.1. The first-order valence-electron chi connectivity index (χ1n) is 9.40. The molecule has 4 nitrogen and oxygen atoms in total. The van der Waals surface area contributed by atoms with Crippen LogP contribution in [0.25, 0.3) is 10.9 Å². The molecular formula is C22H20F4N2O2S. The third-order valence-corrected chi connectivity index (χ3v) is 5.59. The number of halogens is 4. The number of carbonyl (C=O) groups is 1. The Hall–Kier alpha value is -2.81. The molecule has 0 radical (unpaired) electrons. The van der Waals surface area contributed by atoms with Crippen molar-refractivity contribution in [1.82, 2.24) is 10.3 Å². The Morgan fingerprint density at radius 3 is 2.58 bits per heavy atom. The molecule has 0 fully saturated rings. The van der Waals surface area contributed by atoms with Crippen LogP contribution in [0.1, 0.15) is 34.0 Å². The number of hydrogen-bond acceptors (Lipinski definition) is 4. The van der Waals surface area contributed by atoms with E-state index in [2.05, 4.69) is 10.3 Å². The minimum absolute atomic E-state index is 0.0144. The molecule has 0 aliphatic rings. The molecule has 2 aromatic carbocycles. The second-order valence-electron chi connectivity index (χ2n) is 6.72. The van der Waals surface area contributed by atoms with Crippen LogP contribution in [-0.2, 0) is 12.7 Å². The number of pyridine rings is 1. The van der Waals surface area contributed by atoms with E-state index in [4.69, 9.17) is 4.74 Å². The summed E-state index contributed by atoms with van der Waals surface area (Å²) >= 11 is 1.27. The van der Waals surface area contributed by atoms with Crippen LogP contribution in [0.2, 0.25) is 0 Å². The Kier molecular flexibility index (Phi) is 6.74. The van der Waals surface area contributed by atoms with Gasteiger partial charge in [-0.25, -0.2) is 9.37 Å². The van der Waals surface area contributed by atoms with Gasteiger partial charge in [-0.2, -0.15) is 13.2 Å². The third kappa shape index (κ3) is 4.92. The number of benzene rings is 2. The lowest BCUT2D eigenvalue weighted by molar-refractivity contribution is -0.137. The molecule has 0 saturated heterocycles. The van der Waals surface area contributed by atoms with Gasteiger partial charge in [-0.1, -0.05) is 13.0 Å². The fourth-order valence-electron chi connectivity index (χ4n) is 3.24. The van der Waals surface area contributed by atoms with E-state index in [-0.39, 0.29) is 17.6 Å². The van der Waals surface area contributed by atoms with E-state index in [0.717, 1.165) is 12.1 Å². The number of methoxy groups -OCH3 is 1. The number of thioether (sulfide) groups is 1. The Bertz CT molecular complexity index is 1130. The molecule has 31 heavy (non-hydrogen) atoms. The smallest absolute Gasteiger partial charge is 0.416 e. The van der Waals surface area contributed by atoms with Gasteiger partial charge in [0.15, 0.2) is 0 Å². The third-order valence-electron chi connectivity index (χ3n) is 4.73. The monoisotopic (exact) mass is 452 g/mol. The summed E-state index contributed by atoms with van der Waals surface area (Å²) < 4.78 is 58.1. The fourth-order valence-corrected chi connectivity index (χ4v) is 4.06. The van der Waals surface area contributed by atoms with Crippen LogP contribution in [0.15, 0.2) is 41.4 Å². The highest BCUT2D eigenvalue weighted by Gasteiger charge is 2.31. The number of nitrogens with zero attached hydrogens (tertiary/aromatic N) is 1. The van der Waals surface area contributed by atoms with Gasteiger partial charge in [0.05, 0.1) is 23.8 Å². The van der Waals surface area contributed by atoms with Gasteiger partial charge >= 0.3 is 6.18 Å². The average molecular weight is 452 g/mol. The highest BCUT2D eigenvalue weighted by atomic mass is 32.2. The number of aromatic nitrogens is 1. The molecule has 0 atom stereocenters. The number of aryl methyl sites for hydroxylation is 1. The predicted octanol–water partition coefficient (Wildman–Crippen LogP) is 5.75. The van der Waals surface area contributed by atoms with Crippen molar-refractivity contribution in [3.63, 3.8) is 0 Å². The lowest BCUT2D eigenvalue weighted by Crippen LogP contribution is -2.25. The Morgan fingerprint density at radius 2 is 1.94 bits per heavy atom. The molecule has 0 bridgehead atoms. The van der Waals surface area contributed by atoms with E-state index in [1.807, 2.05) is 6.92 Å². The molecule has 1 N–H and O–H groups in total. The molecule has 1 amide bonds. The van der Waals surface area contributed by atoms with Crippen molar-refractivity contribution in [2.75, 3.05) is 12.9 Å². The second-order valence-corrected chi connectivity index (χ2v) is 7.97. The summed E-state index contributed by atoms with van der Waals surface area (Å²) in [7, 11) is 1.45. The van der Waals surface area contributed by atoms with Gasteiger partial charge < -0.3 is 10.1 Å². The molecule has 0 saturated carbocycles. The molecule has 0 aliphatic carbocycles. The summed E-state index contributed by atoms with van der Waals surface area (Å²) in [5.41, 5.74) is 0.649. The van der Waals surface area contributed by atoms with Gasteiger partial charge in [0, 0.05) is 17.5 Å². The van der Waals surface area contributed by atoms with Crippen LogP contribution in [0.5, 0.6) is 5.75 Å². The van der Waals surface area contributed by atoms with Crippen molar-refractivity contribution in [1.29, 1.82) is 0 Å². The number of nitrogens with one attached hydrogen (secondary N) is 1. The van der Waals surface area contributed by atoms with Crippen LogP contribution < -0.4 is 10.1 Å². The molecule has 164 valence electrons. The quantitative estimate of drug-likeness (QED) is 0.382. The number of amides is 1. The first kappa shape index (κ1) is 22.9. The first-order chi connectivity index (χ1) is 14.7. The number of carbonyl (C=O) groups excluding carboxylic acids is 1. The van der Waals surface area contributed by atoms with Gasteiger partial charge in [0.2, 0.25) is 0 Å². The van der Waals surface area contributed by atoms with Crippen molar-refractivity contribution >= 4 is 28.6 Å². The lowest BCUT2D eigenvalue weighted by Gasteiger charge is -2.16. The Balaban J connectivity index is 2.00. The highest BCUT2D eigenvalue weighted by molar-refractivity contribution is 7.99. The number of alkyl halides is 3. The van der Waals surface area contributed by atoms with E-state index >= 15 is 0 Å².